The van der Waals surface area contributed by atoms with Crippen molar-refractivity contribution in [3.8, 4) is 17.0 Å². The highest BCUT2D eigenvalue weighted by atomic mass is 79.9. The van der Waals surface area contributed by atoms with Crippen molar-refractivity contribution < 1.29 is 9.84 Å². The number of nitrogens with zero attached hydrogens (tertiary/aromatic N) is 1. The number of aromatic amines is 1. The fourth-order valence-corrected chi connectivity index (χ4v) is 2.40. The summed E-state index contributed by atoms with van der Waals surface area (Å²) < 4.78 is 6.95. The summed E-state index contributed by atoms with van der Waals surface area (Å²) in [5.74, 6) is -0.365. The Morgan fingerprint density at radius 1 is 1.33 bits per heavy atom. The van der Waals surface area contributed by atoms with Gasteiger partial charge >= 0.3 is 5.69 Å². The van der Waals surface area contributed by atoms with Gasteiger partial charge in [0.2, 0.25) is 5.88 Å². The molecule has 6 nitrogen and oxygen atoms in total. The molecule has 0 aliphatic rings. The molecule has 112 valence electrons. The lowest BCUT2D eigenvalue weighted by molar-refractivity contribution is 0.155. The van der Waals surface area contributed by atoms with Crippen LogP contribution < -0.4 is 11.2 Å². The summed E-state index contributed by atoms with van der Waals surface area (Å²) in [7, 11) is 1.50. The largest absolute Gasteiger partial charge is 0.494 e. The highest BCUT2D eigenvalue weighted by molar-refractivity contribution is 9.10. The van der Waals surface area contributed by atoms with Crippen molar-refractivity contribution in [1.82, 2.24) is 9.55 Å². The number of ether oxygens (including phenoxy) is 1. The lowest BCUT2D eigenvalue weighted by atomic mass is 10.1. The van der Waals surface area contributed by atoms with E-state index in [-0.39, 0.29) is 18.1 Å². The van der Waals surface area contributed by atoms with Gasteiger partial charge in [-0.15, -0.1) is 0 Å². The smallest absolute Gasteiger partial charge is 0.331 e. The third-order valence-electron chi connectivity index (χ3n) is 3.10. The summed E-state index contributed by atoms with van der Waals surface area (Å²) in [6.07, 6.45) is 0. The van der Waals surface area contributed by atoms with Gasteiger partial charge in [0.25, 0.3) is 5.56 Å². The molecule has 0 saturated heterocycles. The number of halogens is 1. The number of aromatic hydroxyl groups is 1. The molecule has 0 spiro atoms. The second kappa shape index (κ2) is 6.28. The number of nitrogens with one attached hydrogen (secondary N) is 1. The number of hydrogen-bond donors (Lipinski definition) is 2. The first-order chi connectivity index (χ1) is 9.95. The normalized spacial score (nSPS) is 12.3. The van der Waals surface area contributed by atoms with Gasteiger partial charge in [-0.2, -0.15) is 0 Å². The van der Waals surface area contributed by atoms with Gasteiger partial charge in [0, 0.05) is 11.6 Å². The molecule has 0 aliphatic heterocycles. The van der Waals surface area contributed by atoms with Gasteiger partial charge < -0.3 is 9.84 Å². The Balaban J connectivity index is 2.67. The number of methoxy groups -OCH3 is 1. The Morgan fingerprint density at radius 3 is 2.52 bits per heavy atom. The van der Waals surface area contributed by atoms with Gasteiger partial charge in [0.15, 0.2) is 0 Å². The van der Waals surface area contributed by atoms with E-state index in [1.54, 1.807) is 31.2 Å². The van der Waals surface area contributed by atoms with Gasteiger partial charge in [-0.1, -0.05) is 28.1 Å². The van der Waals surface area contributed by atoms with E-state index in [9.17, 15) is 14.7 Å². The molecular weight excluding hydrogens is 340 g/mol. The van der Waals surface area contributed by atoms with Crippen molar-refractivity contribution in [1.29, 1.82) is 0 Å². The average Bonchev–Trinajstić information content (AvgIpc) is 2.40. The Morgan fingerprint density at radius 2 is 1.95 bits per heavy atom. The number of H-pyrrole nitrogens is 1. The molecule has 2 N–H and O–H groups in total. The molecule has 0 amide bonds. The van der Waals surface area contributed by atoms with Crippen molar-refractivity contribution in [2.75, 3.05) is 13.7 Å². The molecule has 0 fully saturated rings. The molecule has 1 aromatic heterocycles. The van der Waals surface area contributed by atoms with E-state index in [0.29, 0.717) is 5.56 Å². The van der Waals surface area contributed by atoms with Crippen LogP contribution in [0.25, 0.3) is 11.1 Å². The van der Waals surface area contributed by atoms with E-state index in [1.165, 1.54) is 7.11 Å². The zero-order valence-corrected chi connectivity index (χ0v) is 13.2. The van der Waals surface area contributed by atoms with Gasteiger partial charge in [-0.05, 0) is 24.6 Å². The van der Waals surface area contributed by atoms with Crippen LogP contribution in [0.1, 0.15) is 13.0 Å². The molecular formula is C14H15BrN2O4. The lowest BCUT2D eigenvalue weighted by Crippen LogP contribution is -2.33. The van der Waals surface area contributed by atoms with E-state index in [4.69, 9.17) is 4.74 Å². The molecule has 2 rings (SSSR count). The van der Waals surface area contributed by atoms with Gasteiger partial charge in [0.05, 0.1) is 12.6 Å². The van der Waals surface area contributed by atoms with Crippen LogP contribution in [-0.2, 0) is 4.74 Å². The Labute approximate surface area is 129 Å². The van der Waals surface area contributed by atoms with Crippen LogP contribution >= 0.6 is 15.9 Å². The summed E-state index contributed by atoms with van der Waals surface area (Å²) in [5, 5.41) is 10.3. The van der Waals surface area contributed by atoms with Gasteiger partial charge in [0.1, 0.15) is 5.56 Å². The predicted octanol–water partition coefficient (Wildman–Crippen LogP) is 1.88. The molecule has 1 unspecified atom stereocenters. The van der Waals surface area contributed by atoms with Crippen LogP contribution in [0, 0.1) is 0 Å². The van der Waals surface area contributed by atoms with Gasteiger partial charge in [-0.25, -0.2) is 4.79 Å². The second-order valence-corrected chi connectivity index (χ2v) is 5.55. The van der Waals surface area contributed by atoms with Crippen LogP contribution in [0.3, 0.4) is 0 Å². The fraction of sp³-hybridized carbons (Fsp3) is 0.286. The Hall–Kier alpha value is -1.86. The van der Waals surface area contributed by atoms with E-state index < -0.39 is 17.3 Å². The van der Waals surface area contributed by atoms with E-state index in [2.05, 4.69) is 20.9 Å². The monoisotopic (exact) mass is 354 g/mol. The molecule has 1 atom stereocenters. The molecule has 0 saturated carbocycles. The first-order valence-corrected chi connectivity index (χ1v) is 7.07. The van der Waals surface area contributed by atoms with E-state index in [1.807, 2.05) is 0 Å². The highest BCUT2D eigenvalue weighted by Gasteiger charge is 2.19. The third kappa shape index (κ3) is 3.08. The van der Waals surface area contributed by atoms with E-state index in [0.717, 1.165) is 9.04 Å². The minimum Gasteiger partial charge on any atom is -0.494 e. The third-order valence-corrected chi connectivity index (χ3v) is 3.63. The SMILES string of the molecule is COCC(C)n1c(O)c(-c2ccc(Br)cc2)c(=O)[nH]c1=O. The summed E-state index contributed by atoms with van der Waals surface area (Å²) >= 11 is 3.30. The molecule has 0 radical (unpaired) electrons. The summed E-state index contributed by atoms with van der Waals surface area (Å²) in [5.41, 5.74) is -0.705. The first-order valence-electron chi connectivity index (χ1n) is 6.28. The van der Waals surface area contributed by atoms with Crippen LogP contribution in [-0.4, -0.2) is 28.4 Å². The molecule has 2 aromatic rings. The topological polar surface area (TPSA) is 84.3 Å². The Bertz CT molecular complexity index is 749. The zero-order valence-electron chi connectivity index (χ0n) is 11.6. The maximum Gasteiger partial charge on any atom is 0.331 e. The molecule has 0 aliphatic carbocycles. The number of hydrogen-bond acceptors (Lipinski definition) is 4. The van der Waals surface area contributed by atoms with Crippen LogP contribution in [0.15, 0.2) is 38.3 Å². The maximum absolute atomic E-state index is 12.0. The molecule has 1 aromatic carbocycles. The van der Waals surface area contributed by atoms with Gasteiger partial charge in [-0.3, -0.25) is 14.3 Å². The zero-order chi connectivity index (χ0) is 15.6. The van der Waals surface area contributed by atoms with Crippen molar-refractivity contribution in [3.63, 3.8) is 0 Å². The molecule has 0 bridgehead atoms. The standard InChI is InChI=1S/C14H15BrN2O4/c1-8(7-21-2)17-13(19)11(12(18)16-14(17)20)9-3-5-10(15)6-4-9/h3-6,8,19H,7H2,1-2H3,(H,16,18,20). The van der Waals surface area contributed by atoms with E-state index >= 15 is 0 Å². The number of rotatable bonds is 4. The minimum absolute atomic E-state index is 0.0602. The van der Waals surface area contributed by atoms with Crippen molar-refractivity contribution in [2.45, 2.75) is 13.0 Å². The Kier molecular flexibility index (Phi) is 4.64. The lowest BCUT2D eigenvalue weighted by Gasteiger charge is -2.17. The average molecular weight is 355 g/mol. The fourth-order valence-electron chi connectivity index (χ4n) is 2.14. The minimum atomic E-state index is -0.664. The molecule has 1 heterocycles. The maximum atomic E-state index is 12.0. The predicted molar refractivity (Wildman–Crippen MR) is 82.7 cm³/mol. The summed E-state index contributed by atoms with van der Waals surface area (Å²) in [6, 6.07) is 6.47. The second-order valence-electron chi connectivity index (χ2n) is 4.64. The van der Waals surface area contributed by atoms with Crippen LogP contribution in [0.5, 0.6) is 5.88 Å². The molecule has 21 heavy (non-hydrogen) atoms. The summed E-state index contributed by atoms with van der Waals surface area (Å²) in [6.45, 7) is 1.95. The van der Waals surface area contributed by atoms with Crippen molar-refractivity contribution in [2.24, 2.45) is 0 Å². The van der Waals surface area contributed by atoms with Crippen LogP contribution in [0.2, 0.25) is 0 Å². The number of benzene rings is 1. The van der Waals surface area contributed by atoms with Crippen molar-refractivity contribution in [3.05, 3.63) is 49.6 Å². The highest BCUT2D eigenvalue weighted by Crippen LogP contribution is 2.27. The number of aromatic nitrogens is 2. The quantitative estimate of drug-likeness (QED) is 0.877. The first kappa shape index (κ1) is 15.5. The summed E-state index contributed by atoms with van der Waals surface area (Å²) in [4.78, 5) is 26.1. The molecule has 7 heteroatoms. The van der Waals surface area contributed by atoms with Crippen LogP contribution in [0.4, 0.5) is 0 Å². The van der Waals surface area contributed by atoms with Crippen molar-refractivity contribution >= 4 is 15.9 Å².